The first-order valence-corrected chi connectivity index (χ1v) is 5.37. The molecule has 0 saturated carbocycles. The fourth-order valence-corrected chi connectivity index (χ4v) is 1.68. The second-order valence-corrected chi connectivity index (χ2v) is 4.09. The first kappa shape index (κ1) is 12.4. The summed E-state index contributed by atoms with van der Waals surface area (Å²) >= 11 is 0. The van der Waals surface area contributed by atoms with Gasteiger partial charge in [0.05, 0.1) is 25.8 Å². The topological polar surface area (TPSA) is 61.8 Å². The molecule has 0 atom stereocenters. The van der Waals surface area contributed by atoms with Gasteiger partial charge >= 0.3 is 5.97 Å². The molecule has 0 aliphatic carbocycles. The zero-order chi connectivity index (χ0) is 11.3. The number of rotatable bonds is 7. The van der Waals surface area contributed by atoms with Crippen molar-refractivity contribution in [3.8, 4) is 0 Å². The molecule has 0 radical (unpaired) electrons. The summed E-state index contributed by atoms with van der Waals surface area (Å²) in [4.78, 5) is 12.6. The smallest absolute Gasteiger partial charge is 0.317 e. The number of aliphatic carboxylic acids is 1. The molecule has 1 rings (SSSR count). The molecule has 0 spiro atoms. The average molecular weight is 216 g/mol. The number of hydrogen-bond donors (Lipinski definition) is 2. The van der Waals surface area contributed by atoms with Crippen LogP contribution >= 0.6 is 0 Å². The summed E-state index contributed by atoms with van der Waals surface area (Å²) < 4.78 is 5.15. The Bertz CT molecular complexity index is 205. The van der Waals surface area contributed by atoms with E-state index in [2.05, 4.69) is 24.1 Å². The molecule has 5 heteroatoms. The van der Waals surface area contributed by atoms with E-state index in [1.165, 1.54) is 0 Å². The van der Waals surface area contributed by atoms with Crippen LogP contribution in [0.5, 0.6) is 0 Å². The van der Waals surface area contributed by atoms with Gasteiger partial charge in [-0.15, -0.1) is 0 Å². The van der Waals surface area contributed by atoms with Gasteiger partial charge in [0.2, 0.25) is 0 Å². The highest BCUT2D eigenvalue weighted by atomic mass is 16.5. The largest absolute Gasteiger partial charge is 0.480 e. The van der Waals surface area contributed by atoms with Crippen LogP contribution in [0.1, 0.15) is 13.8 Å². The Morgan fingerprint density at radius 1 is 1.60 bits per heavy atom. The maximum atomic E-state index is 10.3. The molecular formula is C10H20N2O3. The third-order valence-corrected chi connectivity index (χ3v) is 2.58. The number of nitrogens with zero attached hydrogens (tertiary/aromatic N) is 1. The van der Waals surface area contributed by atoms with Crippen molar-refractivity contribution in [2.75, 3.05) is 32.8 Å². The van der Waals surface area contributed by atoms with E-state index in [0.717, 1.165) is 19.8 Å². The van der Waals surface area contributed by atoms with Crippen LogP contribution in [0.2, 0.25) is 0 Å². The molecule has 1 aliphatic heterocycles. The lowest BCUT2D eigenvalue weighted by Gasteiger charge is -2.39. The van der Waals surface area contributed by atoms with E-state index in [1.54, 1.807) is 0 Å². The fourth-order valence-electron chi connectivity index (χ4n) is 1.68. The molecule has 0 unspecified atom stereocenters. The SMILES string of the molecule is CC(C)N(CCNCC(=O)O)C1COC1. The van der Waals surface area contributed by atoms with Gasteiger partial charge in [0.15, 0.2) is 0 Å². The number of carbonyl (C=O) groups is 1. The standard InChI is InChI=1S/C10H20N2O3/c1-8(2)12(9-6-15-7-9)4-3-11-5-10(13)14/h8-9,11H,3-7H2,1-2H3,(H,13,14). The second kappa shape index (κ2) is 6.05. The minimum absolute atomic E-state index is 0.0348. The summed E-state index contributed by atoms with van der Waals surface area (Å²) in [6, 6.07) is 0.988. The lowest BCUT2D eigenvalue weighted by molar-refractivity contribution is -0.136. The van der Waals surface area contributed by atoms with Crippen LogP contribution in [0, 0.1) is 0 Å². The third-order valence-electron chi connectivity index (χ3n) is 2.58. The van der Waals surface area contributed by atoms with Crippen molar-refractivity contribution in [1.29, 1.82) is 0 Å². The fraction of sp³-hybridized carbons (Fsp3) is 0.900. The van der Waals surface area contributed by atoms with Gasteiger partial charge in [-0.2, -0.15) is 0 Å². The van der Waals surface area contributed by atoms with Gasteiger partial charge in [0, 0.05) is 19.1 Å². The Morgan fingerprint density at radius 2 is 2.27 bits per heavy atom. The predicted octanol–water partition coefficient (Wildman–Crippen LogP) is -0.230. The Kier molecular flexibility index (Phi) is 5.01. The number of hydrogen-bond acceptors (Lipinski definition) is 4. The van der Waals surface area contributed by atoms with Gasteiger partial charge in [0.1, 0.15) is 0 Å². The lowest BCUT2D eigenvalue weighted by atomic mass is 10.1. The van der Waals surface area contributed by atoms with E-state index in [-0.39, 0.29) is 6.54 Å². The molecule has 0 aromatic rings. The van der Waals surface area contributed by atoms with Gasteiger partial charge in [0.25, 0.3) is 0 Å². The molecule has 2 N–H and O–H groups in total. The van der Waals surface area contributed by atoms with Crippen LogP contribution in [0.25, 0.3) is 0 Å². The van der Waals surface area contributed by atoms with Gasteiger partial charge in [-0.3, -0.25) is 9.69 Å². The highest BCUT2D eigenvalue weighted by Crippen LogP contribution is 2.12. The van der Waals surface area contributed by atoms with E-state index in [4.69, 9.17) is 9.84 Å². The highest BCUT2D eigenvalue weighted by Gasteiger charge is 2.27. The first-order valence-electron chi connectivity index (χ1n) is 5.37. The van der Waals surface area contributed by atoms with Crippen LogP contribution in [-0.2, 0) is 9.53 Å². The molecule has 5 nitrogen and oxygen atoms in total. The summed E-state index contributed by atoms with van der Waals surface area (Å²) in [5, 5.41) is 11.3. The van der Waals surface area contributed by atoms with Crippen molar-refractivity contribution < 1.29 is 14.6 Å². The normalized spacial score (nSPS) is 17.1. The van der Waals surface area contributed by atoms with Crippen molar-refractivity contribution in [2.24, 2.45) is 0 Å². The van der Waals surface area contributed by atoms with Gasteiger partial charge < -0.3 is 15.2 Å². The molecule has 0 aromatic carbocycles. The molecule has 1 fully saturated rings. The zero-order valence-corrected chi connectivity index (χ0v) is 9.40. The molecule has 88 valence electrons. The third kappa shape index (κ3) is 4.15. The van der Waals surface area contributed by atoms with E-state index >= 15 is 0 Å². The summed E-state index contributed by atoms with van der Waals surface area (Å²) in [6.07, 6.45) is 0. The highest BCUT2D eigenvalue weighted by molar-refractivity contribution is 5.68. The van der Waals surface area contributed by atoms with Crippen LogP contribution in [0.4, 0.5) is 0 Å². The summed E-state index contributed by atoms with van der Waals surface area (Å²) in [7, 11) is 0. The Labute approximate surface area is 90.4 Å². The van der Waals surface area contributed by atoms with Gasteiger partial charge in [-0.05, 0) is 13.8 Å². The number of ether oxygens (including phenoxy) is 1. The average Bonchev–Trinajstić information content (AvgIpc) is 2.06. The van der Waals surface area contributed by atoms with Crippen molar-refractivity contribution in [3.63, 3.8) is 0 Å². The minimum Gasteiger partial charge on any atom is -0.480 e. The zero-order valence-electron chi connectivity index (χ0n) is 9.40. The number of carboxylic acids is 1. The minimum atomic E-state index is -0.807. The maximum Gasteiger partial charge on any atom is 0.317 e. The van der Waals surface area contributed by atoms with Crippen LogP contribution in [-0.4, -0.2) is 60.9 Å². The van der Waals surface area contributed by atoms with E-state index in [1.807, 2.05) is 0 Å². The molecule has 0 amide bonds. The van der Waals surface area contributed by atoms with Crippen LogP contribution in [0.3, 0.4) is 0 Å². The summed E-state index contributed by atoms with van der Waals surface area (Å²) in [5.41, 5.74) is 0. The molecule has 1 saturated heterocycles. The Balaban J connectivity index is 2.17. The van der Waals surface area contributed by atoms with Crippen molar-refractivity contribution in [1.82, 2.24) is 10.2 Å². The summed E-state index contributed by atoms with van der Waals surface area (Å²) in [5.74, 6) is -0.807. The molecule has 0 bridgehead atoms. The van der Waals surface area contributed by atoms with Crippen molar-refractivity contribution in [2.45, 2.75) is 25.9 Å². The maximum absolute atomic E-state index is 10.3. The number of nitrogens with one attached hydrogen (secondary N) is 1. The van der Waals surface area contributed by atoms with E-state index in [0.29, 0.717) is 18.6 Å². The van der Waals surface area contributed by atoms with E-state index < -0.39 is 5.97 Å². The quantitative estimate of drug-likeness (QED) is 0.576. The Hall–Kier alpha value is -0.650. The summed E-state index contributed by atoms with van der Waals surface area (Å²) in [6.45, 7) is 7.52. The predicted molar refractivity (Wildman–Crippen MR) is 57.0 cm³/mol. The van der Waals surface area contributed by atoms with Crippen LogP contribution < -0.4 is 5.32 Å². The monoisotopic (exact) mass is 216 g/mol. The molecule has 1 aliphatic rings. The second-order valence-electron chi connectivity index (χ2n) is 4.09. The van der Waals surface area contributed by atoms with Gasteiger partial charge in [-0.25, -0.2) is 0 Å². The van der Waals surface area contributed by atoms with Gasteiger partial charge in [-0.1, -0.05) is 0 Å². The molecule has 1 heterocycles. The van der Waals surface area contributed by atoms with Crippen molar-refractivity contribution in [3.05, 3.63) is 0 Å². The first-order chi connectivity index (χ1) is 7.11. The van der Waals surface area contributed by atoms with Crippen LogP contribution in [0.15, 0.2) is 0 Å². The lowest BCUT2D eigenvalue weighted by Crippen LogP contribution is -2.53. The van der Waals surface area contributed by atoms with E-state index in [9.17, 15) is 4.79 Å². The molecule has 15 heavy (non-hydrogen) atoms. The Morgan fingerprint density at radius 3 is 2.67 bits per heavy atom. The molecule has 0 aromatic heterocycles. The number of carboxylic acid groups (broad SMARTS) is 1. The molecular weight excluding hydrogens is 196 g/mol. The van der Waals surface area contributed by atoms with Crippen molar-refractivity contribution >= 4 is 5.97 Å².